The molecule has 0 aromatic carbocycles. The summed E-state index contributed by atoms with van der Waals surface area (Å²) in [5, 5.41) is 7.32. The number of hydrogen-bond donors (Lipinski definition) is 1. The minimum Gasteiger partial charge on any atom is -0.383 e. The first-order valence-electron chi connectivity index (χ1n) is 5.06. The summed E-state index contributed by atoms with van der Waals surface area (Å²) in [5.74, 6) is 0.796. The molecule has 0 atom stereocenters. The van der Waals surface area contributed by atoms with Crippen LogP contribution >= 0.6 is 0 Å². The van der Waals surface area contributed by atoms with Crippen molar-refractivity contribution in [2.24, 2.45) is 7.05 Å². The van der Waals surface area contributed by atoms with E-state index in [2.05, 4.69) is 15.4 Å². The number of nitrogens with one attached hydrogen (secondary N) is 1. The third kappa shape index (κ3) is 2.22. The number of rotatable bonds is 5. The predicted molar refractivity (Wildman–Crippen MR) is 60.7 cm³/mol. The standard InChI is InChI=1S/C10H15N5O/c1-14-8-9(7-13-14)15-5-3-11-10(15)12-4-6-16-2/h3,5,7-8H,4,6H2,1-2H3,(H,11,12). The van der Waals surface area contributed by atoms with Gasteiger partial charge in [0.2, 0.25) is 5.95 Å². The molecule has 6 heteroatoms. The molecular formula is C10H15N5O. The van der Waals surface area contributed by atoms with Gasteiger partial charge in [0.15, 0.2) is 0 Å². The first kappa shape index (κ1) is 10.7. The predicted octanol–water partition coefficient (Wildman–Crippen LogP) is 0.664. The number of methoxy groups -OCH3 is 1. The molecule has 2 aromatic heterocycles. The second kappa shape index (κ2) is 4.80. The highest BCUT2D eigenvalue weighted by Crippen LogP contribution is 2.12. The van der Waals surface area contributed by atoms with Crippen molar-refractivity contribution in [3.63, 3.8) is 0 Å². The van der Waals surface area contributed by atoms with E-state index in [1.807, 2.05) is 24.0 Å². The molecule has 0 fully saturated rings. The van der Waals surface area contributed by atoms with Crippen molar-refractivity contribution >= 4 is 5.95 Å². The van der Waals surface area contributed by atoms with Gasteiger partial charge < -0.3 is 10.1 Å². The van der Waals surface area contributed by atoms with Gasteiger partial charge in [0.05, 0.1) is 18.5 Å². The SMILES string of the molecule is COCCNc1nccn1-c1cnn(C)c1. The highest BCUT2D eigenvalue weighted by atomic mass is 16.5. The molecule has 86 valence electrons. The molecule has 0 unspecified atom stereocenters. The first-order valence-corrected chi connectivity index (χ1v) is 5.06. The van der Waals surface area contributed by atoms with E-state index < -0.39 is 0 Å². The van der Waals surface area contributed by atoms with Crippen molar-refractivity contribution in [3.8, 4) is 5.69 Å². The summed E-state index contributed by atoms with van der Waals surface area (Å²) in [5.41, 5.74) is 0.986. The minimum absolute atomic E-state index is 0.653. The average Bonchev–Trinajstić information content (AvgIpc) is 2.87. The van der Waals surface area contributed by atoms with Crippen LogP contribution in [0.4, 0.5) is 5.95 Å². The summed E-state index contributed by atoms with van der Waals surface area (Å²) in [6.45, 7) is 1.38. The molecule has 2 heterocycles. The molecule has 0 saturated carbocycles. The van der Waals surface area contributed by atoms with Crippen molar-refractivity contribution in [2.45, 2.75) is 0 Å². The first-order chi connectivity index (χ1) is 7.81. The number of anilines is 1. The second-order valence-electron chi connectivity index (χ2n) is 3.41. The fourth-order valence-corrected chi connectivity index (χ4v) is 1.44. The zero-order valence-corrected chi connectivity index (χ0v) is 9.42. The number of nitrogens with zero attached hydrogens (tertiary/aromatic N) is 4. The third-order valence-corrected chi connectivity index (χ3v) is 2.20. The molecule has 0 spiro atoms. The minimum atomic E-state index is 0.653. The Morgan fingerprint density at radius 3 is 3.06 bits per heavy atom. The Morgan fingerprint density at radius 2 is 2.38 bits per heavy atom. The van der Waals surface area contributed by atoms with Gasteiger partial charge in [0.1, 0.15) is 0 Å². The Kier molecular flexibility index (Phi) is 3.21. The zero-order chi connectivity index (χ0) is 11.4. The number of ether oxygens (including phenoxy) is 1. The molecule has 0 amide bonds. The number of aromatic nitrogens is 4. The Balaban J connectivity index is 2.12. The van der Waals surface area contributed by atoms with E-state index in [-0.39, 0.29) is 0 Å². The maximum atomic E-state index is 4.97. The summed E-state index contributed by atoms with van der Waals surface area (Å²) in [6, 6.07) is 0. The van der Waals surface area contributed by atoms with Gasteiger partial charge >= 0.3 is 0 Å². The maximum Gasteiger partial charge on any atom is 0.207 e. The van der Waals surface area contributed by atoms with E-state index >= 15 is 0 Å². The van der Waals surface area contributed by atoms with Gasteiger partial charge in [0, 0.05) is 39.3 Å². The highest BCUT2D eigenvalue weighted by Gasteiger charge is 2.05. The summed E-state index contributed by atoms with van der Waals surface area (Å²) < 4.78 is 8.68. The molecule has 16 heavy (non-hydrogen) atoms. The van der Waals surface area contributed by atoms with Crippen LogP contribution in [0.15, 0.2) is 24.8 Å². The molecule has 0 aliphatic heterocycles. The fraction of sp³-hybridized carbons (Fsp3) is 0.400. The van der Waals surface area contributed by atoms with Gasteiger partial charge in [-0.3, -0.25) is 9.25 Å². The largest absolute Gasteiger partial charge is 0.383 e. The highest BCUT2D eigenvalue weighted by molar-refractivity contribution is 5.38. The number of hydrogen-bond acceptors (Lipinski definition) is 4. The van der Waals surface area contributed by atoms with Crippen LogP contribution in [0.3, 0.4) is 0 Å². The van der Waals surface area contributed by atoms with Crippen LogP contribution < -0.4 is 5.32 Å². The molecular weight excluding hydrogens is 206 g/mol. The fourth-order valence-electron chi connectivity index (χ4n) is 1.44. The summed E-state index contributed by atoms with van der Waals surface area (Å²) in [4.78, 5) is 4.23. The number of imidazole rings is 1. The van der Waals surface area contributed by atoms with Crippen molar-refractivity contribution in [2.75, 3.05) is 25.6 Å². The zero-order valence-electron chi connectivity index (χ0n) is 9.42. The molecule has 0 aliphatic rings. The quantitative estimate of drug-likeness (QED) is 0.754. The molecule has 0 saturated heterocycles. The smallest absolute Gasteiger partial charge is 0.207 e. The lowest BCUT2D eigenvalue weighted by atomic mass is 10.5. The topological polar surface area (TPSA) is 56.9 Å². The van der Waals surface area contributed by atoms with Crippen LogP contribution in [0, 0.1) is 0 Å². The Bertz CT molecular complexity index is 448. The molecule has 2 aromatic rings. The molecule has 0 radical (unpaired) electrons. The molecule has 0 aliphatic carbocycles. The normalized spacial score (nSPS) is 10.6. The van der Waals surface area contributed by atoms with E-state index in [0.29, 0.717) is 6.61 Å². The van der Waals surface area contributed by atoms with Crippen LogP contribution in [0.1, 0.15) is 0 Å². The van der Waals surface area contributed by atoms with E-state index in [1.54, 1.807) is 24.2 Å². The summed E-state index contributed by atoms with van der Waals surface area (Å²) >= 11 is 0. The molecule has 2 rings (SSSR count). The monoisotopic (exact) mass is 221 g/mol. The Labute approximate surface area is 93.9 Å². The van der Waals surface area contributed by atoms with Crippen molar-refractivity contribution in [3.05, 3.63) is 24.8 Å². The van der Waals surface area contributed by atoms with Crippen LogP contribution in [-0.2, 0) is 11.8 Å². The van der Waals surface area contributed by atoms with E-state index in [9.17, 15) is 0 Å². The van der Waals surface area contributed by atoms with Crippen molar-refractivity contribution in [1.29, 1.82) is 0 Å². The van der Waals surface area contributed by atoms with Gasteiger partial charge in [-0.2, -0.15) is 5.10 Å². The number of aryl methyl sites for hydroxylation is 1. The second-order valence-corrected chi connectivity index (χ2v) is 3.41. The molecule has 6 nitrogen and oxygen atoms in total. The lowest BCUT2D eigenvalue weighted by Gasteiger charge is -2.06. The van der Waals surface area contributed by atoms with Gasteiger partial charge in [-0.1, -0.05) is 0 Å². The average molecular weight is 221 g/mol. The van der Waals surface area contributed by atoms with Gasteiger partial charge in [0.25, 0.3) is 0 Å². The summed E-state index contributed by atoms with van der Waals surface area (Å²) in [7, 11) is 3.56. The van der Waals surface area contributed by atoms with Crippen LogP contribution in [-0.4, -0.2) is 39.6 Å². The van der Waals surface area contributed by atoms with Crippen LogP contribution in [0.25, 0.3) is 5.69 Å². The summed E-state index contributed by atoms with van der Waals surface area (Å²) in [6.07, 6.45) is 7.38. The van der Waals surface area contributed by atoms with Gasteiger partial charge in [-0.15, -0.1) is 0 Å². The van der Waals surface area contributed by atoms with Gasteiger partial charge in [-0.25, -0.2) is 4.98 Å². The van der Waals surface area contributed by atoms with Crippen molar-refractivity contribution in [1.82, 2.24) is 19.3 Å². The Morgan fingerprint density at radius 1 is 1.50 bits per heavy atom. The van der Waals surface area contributed by atoms with E-state index in [4.69, 9.17) is 4.74 Å². The van der Waals surface area contributed by atoms with Crippen LogP contribution in [0.5, 0.6) is 0 Å². The Hall–Kier alpha value is -1.82. The van der Waals surface area contributed by atoms with E-state index in [0.717, 1.165) is 18.2 Å². The van der Waals surface area contributed by atoms with Gasteiger partial charge in [-0.05, 0) is 0 Å². The lowest BCUT2D eigenvalue weighted by molar-refractivity contribution is 0.210. The third-order valence-electron chi connectivity index (χ3n) is 2.20. The van der Waals surface area contributed by atoms with Crippen LogP contribution in [0.2, 0.25) is 0 Å². The maximum absolute atomic E-state index is 4.97. The lowest BCUT2D eigenvalue weighted by Crippen LogP contribution is -2.11. The molecule has 0 bridgehead atoms. The molecule has 1 N–H and O–H groups in total. The van der Waals surface area contributed by atoms with Crippen molar-refractivity contribution < 1.29 is 4.74 Å². The van der Waals surface area contributed by atoms with E-state index in [1.165, 1.54) is 0 Å².